The summed E-state index contributed by atoms with van der Waals surface area (Å²) in [6.07, 6.45) is 3.20. The first-order valence-corrected chi connectivity index (χ1v) is 6.69. The molecule has 2 aromatic heterocycles. The molecule has 104 valence electrons. The van der Waals surface area contributed by atoms with Crippen molar-refractivity contribution in [2.45, 2.75) is 0 Å². The summed E-state index contributed by atoms with van der Waals surface area (Å²) in [4.78, 5) is 19.0. The van der Waals surface area contributed by atoms with Crippen molar-refractivity contribution in [2.75, 3.05) is 7.05 Å². The van der Waals surface area contributed by atoms with Gasteiger partial charge in [0.15, 0.2) is 0 Å². The number of aromatic nitrogens is 2. The van der Waals surface area contributed by atoms with Gasteiger partial charge >= 0.3 is 6.03 Å². The van der Waals surface area contributed by atoms with E-state index in [1.165, 1.54) is 7.05 Å². The smallest absolute Gasteiger partial charge is 0.333 e. The van der Waals surface area contributed by atoms with Crippen LogP contribution in [-0.4, -0.2) is 28.0 Å². The third kappa shape index (κ3) is 3.25. The van der Waals surface area contributed by atoms with Gasteiger partial charge in [-0.15, -0.1) is 11.3 Å². The molecular weight excluding hydrogens is 301 g/mol. The second-order valence-corrected chi connectivity index (χ2v) is 4.95. The summed E-state index contributed by atoms with van der Waals surface area (Å²) in [5.41, 5.74) is 5.40. The van der Waals surface area contributed by atoms with Crippen LogP contribution in [-0.2, 0) is 0 Å². The molecule has 2 heterocycles. The molecule has 0 aliphatic carbocycles. The van der Waals surface area contributed by atoms with Crippen molar-refractivity contribution in [1.82, 2.24) is 26.1 Å². The number of carbonyl (C=O) groups is 1. The van der Waals surface area contributed by atoms with Gasteiger partial charge in [-0.25, -0.2) is 9.78 Å². The molecule has 9 heteroatoms. The second kappa shape index (κ2) is 6.35. The van der Waals surface area contributed by atoms with Gasteiger partial charge in [-0.05, 0) is 12.1 Å². The highest BCUT2D eigenvalue weighted by Crippen LogP contribution is 2.26. The third-order valence-electron chi connectivity index (χ3n) is 2.22. The molecule has 0 saturated carbocycles. The van der Waals surface area contributed by atoms with Crippen LogP contribution >= 0.6 is 23.6 Å². The van der Waals surface area contributed by atoms with Crippen molar-refractivity contribution in [1.29, 1.82) is 0 Å². The zero-order valence-electron chi connectivity index (χ0n) is 10.3. The lowest BCUT2D eigenvalue weighted by molar-refractivity contribution is 0.241. The van der Waals surface area contributed by atoms with Crippen LogP contribution < -0.4 is 16.2 Å². The molecule has 0 bridgehead atoms. The van der Waals surface area contributed by atoms with Gasteiger partial charge in [0.25, 0.3) is 0 Å². The number of halogens is 1. The number of carbonyl (C=O) groups excluding carboxylic acids is 1. The number of rotatable bonds is 2. The average molecular weight is 311 g/mol. The number of hydrogen-bond donors (Lipinski definition) is 3. The van der Waals surface area contributed by atoms with Gasteiger partial charge in [0.2, 0.25) is 5.95 Å². The third-order valence-corrected chi connectivity index (χ3v) is 3.75. The van der Waals surface area contributed by atoms with E-state index in [9.17, 15) is 9.18 Å². The fraction of sp³-hybridized carbons (Fsp3) is 0.0909. The van der Waals surface area contributed by atoms with Crippen LogP contribution in [0.4, 0.5) is 9.18 Å². The van der Waals surface area contributed by atoms with E-state index in [0.29, 0.717) is 10.6 Å². The van der Waals surface area contributed by atoms with Gasteiger partial charge in [0.05, 0.1) is 0 Å². The van der Waals surface area contributed by atoms with Gasteiger partial charge < -0.3 is 5.32 Å². The second-order valence-electron chi connectivity index (χ2n) is 3.54. The zero-order chi connectivity index (χ0) is 14.5. The van der Waals surface area contributed by atoms with Crippen LogP contribution in [0.5, 0.6) is 0 Å². The minimum absolute atomic E-state index is 0.0544. The molecule has 2 aromatic rings. The summed E-state index contributed by atoms with van der Waals surface area (Å²) in [5, 5.41) is 2.80. The summed E-state index contributed by atoms with van der Waals surface area (Å²) in [6, 6.07) is 3.02. The first-order chi connectivity index (χ1) is 9.61. The Labute approximate surface area is 123 Å². The highest BCUT2D eigenvalue weighted by molar-refractivity contribution is 7.81. The Bertz CT molecular complexity index is 631. The summed E-state index contributed by atoms with van der Waals surface area (Å²) in [6.45, 7) is 0. The minimum Gasteiger partial charge on any atom is -0.340 e. The molecule has 0 fully saturated rings. The van der Waals surface area contributed by atoms with E-state index in [0.717, 1.165) is 11.3 Å². The average Bonchev–Trinajstić information content (AvgIpc) is 2.87. The quantitative estimate of drug-likeness (QED) is 0.578. The van der Waals surface area contributed by atoms with E-state index in [1.54, 1.807) is 24.5 Å². The number of pyridine rings is 1. The molecule has 0 saturated heterocycles. The largest absolute Gasteiger partial charge is 0.340 e. The lowest BCUT2D eigenvalue weighted by atomic mass is 10.3. The van der Waals surface area contributed by atoms with Crippen molar-refractivity contribution in [3.63, 3.8) is 0 Å². The maximum Gasteiger partial charge on any atom is 0.333 e. The molecule has 2 rings (SSSR count). The van der Waals surface area contributed by atoms with Crippen LogP contribution in [0.1, 0.15) is 4.88 Å². The predicted molar refractivity (Wildman–Crippen MR) is 77.7 cm³/mol. The predicted octanol–water partition coefficient (Wildman–Crippen LogP) is 1.45. The van der Waals surface area contributed by atoms with E-state index < -0.39 is 12.0 Å². The fourth-order valence-electron chi connectivity index (χ4n) is 1.29. The van der Waals surface area contributed by atoms with Crippen LogP contribution in [0.3, 0.4) is 0 Å². The molecule has 0 atom stereocenters. The Morgan fingerprint density at radius 1 is 1.45 bits per heavy atom. The molecule has 6 nitrogen and oxygen atoms in total. The van der Waals surface area contributed by atoms with E-state index >= 15 is 0 Å². The van der Waals surface area contributed by atoms with Gasteiger partial charge in [-0.3, -0.25) is 15.8 Å². The normalized spacial score (nSPS) is 9.90. The Morgan fingerprint density at radius 2 is 2.25 bits per heavy atom. The highest BCUT2D eigenvalue weighted by Gasteiger charge is 2.16. The van der Waals surface area contributed by atoms with Gasteiger partial charge in [0.1, 0.15) is 14.9 Å². The number of hydrogen-bond acceptors (Lipinski definition) is 5. The number of hydrazine groups is 1. The molecule has 0 spiro atoms. The van der Waals surface area contributed by atoms with Crippen LogP contribution in [0.25, 0.3) is 10.6 Å². The lowest BCUT2D eigenvalue weighted by Gasteiger charge is -2.06. The maximum atomic E-state index is 13.8. The number of thiazole rings is 1. The minimum atomic E-state index is -0.690. The van der Waals surface area contributed by atoms with Crippen molar-refractivity contribution in [3.8, 4) is 10.6 Å². The van der Waals surface area contributed by atoms with E-state index in [1.807, 2.05) is 0 Å². The number of nitrogens with one attached hydrogen (secondary N) is 3. The molecule has 0 aromatic carbocycles. The topological polar surface area (TPSA) is 78.9 Å². The molecule has 2 amide bonds. The van der Waals surface area contributed by atoms with E-state index in [4.69, 9.17) is 12.2 Å². The van der Waals surface area contributed by atoms with Crippen molar-refractivity contribution >= 4 is 34.6 Å². The molecule has 0 unspecified atom stereocenters. The maximum absolute atomic E-state index is 13.8. The number of urea groups is 1. The Hall–Kier alpha value is -2.13. The molecule has 3 N–H and O–H groups in total. The Kier molecular flexibility index (Phi) is 4.53. The Balaban J connectivity index is 2.15. The number of amides is 2. The molecule has 20 heavy (non-hydrogen) atoms. The van der Waals surface area contributed by atoms with Crippen LogP contribution in [0.15, 0.2) is 24.5 Å². The molecule has 0 aliphatic heterocycles. The fourth-order valence-corrected chi connectivity index (χ4v) is 2.38. The summed E-state index contributed by atoms with van der Waals surface area (Å²) in [5.74, 6) is -0.690. The Morgan fingerprint density at radius 3 is 2.90 bits per heavy atom. The van der Waals surface area contributed by atoms with Gasteiger partial charge in [-0.2, -0.15) is 4.39 Å². The van der Waals surface area contributed by atoms with E-state index in [-0.39, 0.29) is 9.87 Å². The van der Waals surface area contributed by atoms with Crippen molar-refractivity contribution < 1.29 is 9.18 Å². The first-order valence-electron chi connectivity index (χ1n) is 5.46. The van der Waals surface area contributed by atoms with Crippen LogP contribution in [0, 0.1) is 5.95 Å². The van der Waals surface area contributed by atoms with E-state index in [2.05, 4.69) is 26.1 Å². The molecule has 0 radical (unpaired) electrons. The highest BCUT2D eigenvalue weighted by atomic mass is 32.1. The summed E-state index contributed by atoms with van der Waals surface area (Å²) < 4.78 is 13.8. The molecule has 0 aliphatic rings. The van der Waals surface area contributed by atoms with Gasteiger partial charge in [-0.1, -0.05) is 12.2 Å². The first kappa shape index (κ1) is 14.3. The van der Waals surface area contributed by atoms with Crippen LogP contribution in [0.2, 0.25) is 0 Å². The zero-order valence-corrected chi connectivity index (χ0v) is 11.9. The number of thiocarbonyl (C=S) groups is 1. The summed E-state index contributed by atoms with van der Waals surface area (Å²) in [7, 11) is 1.45. The SMILES string of the molecule is CNC(=O)NNC(=S)c1sc(-c2cccnc2)nc1F. The van der Waals surface area contributed by atoms with Crippen molar-refractivity contribution in [2.24, 2.45) is 0 Å². The van der Waals surface area contributed by atoms with Gasteiger partial charge in [0, 0.05) is 25.0 Å². The van der Waals surface area contributed by atoms with Crippen molar-refractivity contribution in [3.05, 3.63) is 35.4 Å². The standard InChI is InChI=1S/C11H10FN5OS2/c1-13-11(18)17-16-9(19)7-8(12)15-10(20-7)6-3-2-4-14-5-6/h2-5H,1H3,(H,16,19)(H2,13,17,18). The lowest BCUT2D eigenvalue weighted by Crippen LogP contribution is -2.45. The number of nitrogens with zero attached hydrogens (tertiary/aromatic N) is 2. The summed E-state index contributed by atoms with van der Waals surface area (Å²) >= 11 is 6.08. The molecular formula is C11H10FN5OS2. The monoisotopic (exact) mass is 311 g/mol.